The second-order valence-electron chi connectivity index (χ2n) is 4.74. The summed E-state index contributed by atoms with van der Waals surface area (Å²) in [5, 5.41) is 6.45. The van der Waals surface area contributed by atoms with Gasteiger partial charge in [0, 0.05) is 20.1 Å². The maximum atomic E-state index is 4.13. The molecule has 0 aliphatic heterocycles. The Balaban J connectivity index is 3.30. The smallest absolute Gasteiger partial charge is 0.191 e. The third-order valence-corrected chi connectivity index (χ3v) is 2.71. The summed E-state index contributed by atoms with van der Waals surface area (Å²) in [5.74, 6) is 0.863. The van der Waals surface area contributed by atoms with E-state index in [9.17, 15) is 0 Å². The Kier molecular flexibility index (Phi) is 11.7. The minimum atomic E-state index is 0.754. The van der Waals surface area contributed by atoms with Crippen LogP contribution in [0.2, 0.25) is 0 Å². The largest absolute Gasteiger partial charge is 0.356 e. The highest BCUT2D eigenvalue weighted by atomic mass is 15.2. The molecule has 0 radical (unpaired) electrons. The van der Waals surface area contributed by atoms with Gasteiger partial charge in [-0.2, -0.15) is 0 Å². The normalized spacial score (nSPS) is 11.7. The van der Waals surface area contributed by atoms with E-state index in [4.69, 9.17) is 0 Å². The Morgan fingerprint density at radius 1 is 1.11 bits per heavy atom. The molecule has 2 N–H and O–H groups in total. The van der Waals surface area contributed by atoms with Crippen molar-refractivity contribution in [3.05, 3.63) is 12.7 Å². The van der Waals surface area contributed by atoms with E-state index < -0.39 is 0 Å². The number of hydrogen-bond acceptors (Lipinski definition) is 2. The Labute approximate surface area is 113 Å². The molecule has 0 aromatic carbocycles. The van der Waals surface area contributed by atoms with Gasteiger partial charge in [-0.15, -0.1) is 6.58 Å². The van der Waals surface area contributed by atoms with Gasteiger partial charge in [0.05, 0.1) is 0 Å². The van der Waals surface area contributed by atoms with Gasteiger partial charge in [0.2, 0.25) is 0 Å². The van der Waals surface area contributed by atoms with Crippen LogP contribution in [0, 0.1) is 0 Å². The van der Waals surface area contributed by atoms with Crippen LogP contribution in [-0.4, -0.2) is 51.6 Å². The SMILES string of the molecule is C=CCNC(=NC)NCCCCCCCN(C)C. The summed E-state index contributed by atoms with van der Waals surface area (Å²) in [5.41, 5.74) is 0. The van der Waals surface area contributed by atoms with Crippen molar-refractivity contribution in [1.82, 2.24) is 15.5 Å². The Bertz CT molecular complexity index is 224. The molecule has 0 aromatic rings. The number of nitrogens with one attached hydrogen (secondary N) is 2. The van der Waals surface area contributed by atoms with Crippen molar-refractivity contribution < 1.29 is 0 Å². The van der Waals surface area contributed by atoms with E-state index in [1.54, 1.807) is 7.05 Å². The number of hydrogen-bond donors (Lipinski definition) is 2. The minimum absolute atomic E-state index is 0.754. The summed E-state index contributed by atoms with van der Waals surface area (Å²) in [4.78, 5) is 6.38. The molecule has 4 heteroatoms. The van der Waals surface area contributed by atoms with Crippen LogP contribution >= 0.6 is 0 Å². The number of unbranched alkanes of at least 4 members (excludes halogenated alkanes) is 4. The van der Waals surface area contributed by atoms with Crippen LogP contribution in [0.25, 0.3) is 0 Å². The molecule has 0 bridgehead atoms. The molecule has 4 nitrogen and oxygen atoms in total. The molecular formula is C14H30N4. The zero-order chi connectivity index (χ0) is 13.6. The van der Waals surface area contributed by atoms with Gasteiger partial charge < -0.3 is 15.5 Å². The van der Waals surface area contributed by atoms with Crippen molar-refractivity contribution in [2.45, 2.75) is 32.1 Å². The van der Waals surface area contributed by atoms with Crippen molar-refractivity contribution in [3.8, 4) is 0 Å². The highest BCUT2D eigenvalue weighted by molar-refractivity contribution is 5.79. The van der Waals surface area contributed by atoms with Gasteiger partial charge in [-0.25, -0.2) is 0 Å². The third-order valence-electron chi connectivity index (χ3n) is 2.71. The predicted molar refractivity (Wildman–Crippen MR) is 81.2 cm³/mol. The van der Waals surface area contributed by atoms with Gasteiger partial charge in [0.1, 0.15) is 0 Å². The van der Waals surface area contributed by atoms with E-state index in [0.717, 1.165) is 19.0 Å². The topological polar surface area (TPSA) is 39.7 Å². The van der Waals surface area contributed by atoms with Crippen LogP contribution in [0.1, 0.15) is 32.1 Å². The predicted octanol–water partition coefficient (Wildman–Crippen LogP) is 1.85. The molecule has 0 amide bonds. The molecule has 0 aromatic heterocycles. The summed E-state index contributed by atoms with van der Waals surface area (Å²) in [6, 6.07) is 0. The van der Waals surface area contributed by atoms with Crippen molar-refractivity contribution in [3.63, 3.8) is 0 Å². The first-order valence-electron chi connectivity index (χ1n) is 6.91. The molecule has 0 atom stereocenters. The lowest BCUT2D eigenvalue weighted by Gasteiger charge is -2.10. The van der Waals surface area contributed by atoms with Crippen LogP contribution in [0.4, 0.5) is 0 Å². The molecule has 0 unspecified atom stereocenters. The Morgan fingerprint density at radius 2 is 1.78 bits per heavy atom. The molecule has 0 saturated carbocycles. The second kappa shape index (κ2) is 12.4. The minimum Gasteiger partial charge on any atom is -0.356 e. The van der Waals surface area contributed by atoms with Gasteiger partial charge in [0.25, 0.3) is 0 Å². The molecule has 106 valence electrons. The molecular weight excluding hydrogens is 224 g/mol. The first kappa shape index (κ1) is 17.0. The second-order valence-corrected chi connectivity index (χ2v) is 4.74. The van der Waals surface area contributed by atoms with Gasteiger partial charge in [-0.3, -0.25) is 4.99 Å². The van der Waals surface area contributed by atoms with E-state index in [2.05, 4.69) is 41.2 Å². The van der Waals surface area contributed by atoms with Crippen molar-refractivity contribution in [1.29, 1.82) is 0 Å². The standard InChI is InChI=1S/C14H30N4/c1-5-11-16-14(15-2)17-12-9-7-6-8-10-13-18(3)4/h5H,1,6-13H2,2-4H3,(H2,15,16,17). The van der Waals surface area contributed by atoms with Crippen LogP contribution in [0.15, 0.2) is 17.6 Å². The van der Waals surface area contributed by atoms with Crippen LogP contribution < -0.4 is 10.6 Å². The fourth-order valence-corrected chi connectivity index (χ4v) is 1.68. The summed E-state index contributed by atoms with van der Waals surface area (Å²) >= 11 is 0. The Morgan fingerprint density at radius 3 is 2.39 bits per heavy atom. The van der Waals surface area contributed by atoms with Crippen molar-refractivity contribution >= 4 is 5.96 Å². The molecule has 0 fully saturated rings. The van der Waals surface area contributed by atoms with Gasteiger partial charge in [0.15, 0.2) is 5.96 Å². The van der Waals surface area contributed by atoms with Gasteiger partial charge in [-0.1, -0.05) is 25.3 Å². The first-order chi connectivity index (χ1) is 8.70. The molecule has 0 aliphatic rings. The summed E-state index contributed by atoms with van der Waals surface area (Å²) in [6.07, 6.45) is 8.30. The van der Waals surface area contributed by atoms with E-state index in [0.29, 0.717) is 0 Å². The van der Waals surface area contributed by atoms with E-state index >= 15 is 0 Å². The average Bonchev–Trinajstić information content (AvgIpc) is 2.35. The zero-order valence-electron chi connectivity index (χ0n) is 12.3. The summed E-state index contributed by atoms with van der Waals surface area (Å²) in [6.45, 7) is 6.62. The maximum Gasteiger partial charge on any atom is 0.191 e. The molecule has 0 aliphatic carbocycles. The lowest BCUT2D eigenvalue weighted by Crippen LogP contribution is -2.37. The number of nitrogens with zero attached hydrogens (tertiary/aromatic N) is 2. The van der Waals surface area contributed by atoms with Crippen LogP contribution in [0.3, 0.4) is 0 Å². The first-order valence-corrected chi connectivity index (χ1v) is 6.91. The fourth-order valence-electron chi connectivity index (χ4n) is 1.68. The maximum absolute atomic E-state index is 4.13. The van der Waals surface area contributed by atoms with Gasteiger partial charge in [-0.05, 0) is 33.5 Å². The molecule has 0 heterocycles. The monoisotopic (exact) mass is 254 g/mol. The molecule has 0 rings (SSSR count). The molecule has 0 spiro atoms. The quantitative estimate of drug-likeness (QED) is 0.270. The average molecular weight is 254 g/mol. The molecule has 18 heavy (non-hydrogen) atoms. The highest BCUT2D eigenvalue weighted by Crippen LogP contribution is 2.02. The highest BCUT2D eigenvalue weighted by Gasteiger charge is 1.95. The number of aliphatic imine (C=N–C) groups is 1. The van der Waals surface area contributed by atoms with Crippen LogP contribution in [-0.2, 0) is 0 Å². The lowest BCUT2D eigenvalue weighted by atomic mass is 10.1. The third kappa shape index (κ3) is 11.5. The zero-order valence-corrected chi connectivity index (χ0v) is 12.3. The van der Waals surface area contributed by atoms with Crippen molar-refractivity contribution in [2.75, 3.05) is 40.8 Å². The summed E-state index contributed by atoms with van der Waals surface area (Å²) < 4.78 is 0. The lowest BCUT2D eigenvalue weighted by molar-refractivity contribution is 0.389. The van der Waals surface area contributed by atoms with E-state index in [1.807, 2.05) is 6.08 Å². The fraction of sp³-hybridized carbons (Fsp3) is 0.786. The Hall–Kier alpha value is -1.03. The van der Waals surface area contributed by atoms with Crippen LogP contribution in [0.5, 0.6) is 0 Å². The van der Waals surface area contributed by atoms with E-state index in [-0.39, 0.29) is 0 Å². The van der Waals surface area contributed by atoms with Gasteiger partial charge >= 0.3 is 0 Å². The van der Waals surface area contributed by atoms with E-state index in [1.165, 1.54) is 38.6 Å². The number of guanidine groups is 1. The van der Waals surface area contributed by atoms with Crippen molar-refractivity contribution in [2.24, 2.45) is 4.99 Å². The molecule has 0 saturated heterocycles. The number of rotatable bonds is 10. The summed E-state index contributed by atoms with van der Waals surface area (Å²) in [7, 11) is 6.05.